The van der Waals surface area contributed by atoms with E-state index < -0.39 is 11.4 Å². The standard InChI is InChI=1S/C24H27N3O6/c1-24(2,3)21-9-14-8-20(32-7-5-6-31-4)16(22-26-25-13-33-22)10-15(14)18-11-19(28)17(23(29)30)12-27(18)21/h8,10-13,21H,5-7,9H2,1-4H3,(H,29,30). The van der Waals surface area contributed by atoms with E-state index in [1.54, 1.807) is 7.11 Å². The Bertz CT molecular complexity index is 1220. The van der Waals surface area contributed by atoms with Gasteiger partial charge in [-0.1, -0.05) is 20.8 Å². The number of rotatable bonds is 7. The van der Waals surface area contributed by atoms with Crippen LogP contribution in [-0.2, 0) is 11.2 Å². The minimum Gasteiger partial charge on any atom is -0.493 e. The van der Waals surface area contributed by atoms with Crippen LogP contribution in [0.2, 0.25) is 0 Å². The van der Waals surface area contributed by atoms with Gasteiger partial charge in [-0.2, -0.15) is 0 Å². The molecule has 0 saturated carbocycles. The number of aromatic nitrogens is 3. The van der Waals surface area contributed by atoms with Crippen molar-refractivity contribution in [3.05, 3.63) is 52.1 Å². The van der Waals surface area contributed by atoms with Crippen LogP contribution in [0.1, 0.15) is 49.2 Å². The van der Waals surface area contributed by atoms with Crippen molar-refractivity contribution in [3.8, 4) is 28.5 Å². The van der Waals surface area contributed by atoms with E-state index in [-0.39, 0.29) is 17.0 Å². The molecule has 3 heterocycles. The van der Waals surface area contributed by atoms with Crippen LogP contribution in [0.5, 0.6) is 5.75 Å². The quantitative estimate of drug-likeness (QED) is 0.537. The Morgan fingerprint density at radius 2 is 2.03 bits per heavy atom. The van der Waals surface area contributed by atoms with Gasteiger partial charge in [0.2, 0.25) is 6.39 Å². The summed E-state index contributed by atoms with van der Waals surface area (Å²) in [6.07, 6.45) is 4.07. The van der Waals surface area contributed by atoms with Crippen molar-refractivity contribution in [2.45, 2.75) is 39.7 Å². The van der Waals surface area contributed by atoms with Gasteiger partial charge in [-0.25, -0.2) is 4.79 Å². The molecular formula is C24H27N3O6. The monoisotopic (exact) mass is 453 g/mol. The van der Waals surface area contributed by atoms with Crippen LogP contribution in [-0.4, -0.2) is 46.2 Å². The third-order valence-electron chi connectivity index (χ3n) is 5.88. The van der Waals surface area contributed by atoms with Gasteiger partial charge in [0.05, 0.1) is 17.9 Å². The molecular weight excluding hydrogens is 426 g/mol. The molecule has 9 nitrogen and oxygen atoms in total. The molecule has 1 aromatic carbocycles. The number of ether oxygens (including phenoxy) is 2. The maximum absolute atomic E-state index is 12.6. The molecule has 0 fully saturated rings. The first-order valence-electron chi connectivity index (χ1n) is 10.8. The van der Waals surface area contributed by atoms with Gasteiger partial charge in [-0.15, -0.1) is 10.2 Å². The Kier molecular flexibility index (Phi) is 6.07. The first kappa shape index (κ1) is 22.7. The van der Waals surface area contributed by atoms with Crippen molar-refractivity contribution >= 4 is 5.97 Å². The average molecular weight is 453 g/mol. The van der Waals surface area contributed by atoms with Crippen LogP contribution in [0, 0.1) is 5.41 Å². The first-order chi connectivity index (χ1) is 15.7. The lowest BCUT2D eigenvalue weighted by atomic mass is 9.78. The molecule has 4 rings (SSSR count). The summed E-state index contributed by atoms with van der Waals surface area (Å²) < 4.78 is 18.5. The molecule has 0 bridgehead atoms. The molecule has 33 heavy (non-hydrogen) atoms. The molecule has 1 atom stereocenters. The van der Waals surface area contributed by atoms with Crippen molar-refractivity contribution in [2.75, 3.05) is 20.3 Å². The number of fused-ring (bicyclic) bond motifs is 3. The number of benzene rings is 1. The molecule has 0 amide bonds. The van der Waals surface area contributed by atoms with Crippen molar-refractivity contribution in [3.63, 3.8) is 0 Å². The van der Waals surface area contributed by atoms with E-state index in [0.717, 1.165) is 17.5 Å². The predicted octanol–water partition coefficient (Wildman–Crippen LogP) is 3.82. The van der Waals surface area contributed by atoms with E-state index in [9.17, 15) is 14.7 Å². The number of pyridine rings is 1. The van der Waals surface area contributed by atoms with Gasteiger partial charge in [-0.3, -0.25) is 4.79 Å². The third-order valence-corrected chi connectivity index (χ3v) is 5.88. The van der Waals surface area contributed by atoms with Crippen molar-refractivity contribution in [1.29, 1.82) is 0 Å². The number of carboxylic acids is 1. The molecule has 9 heteroatoms. The lowest BCUT2D eigenvalue weighted by Crippen LogP contribution is -2.32. The number of nitrogens with zero attached hydrogens (tertiary/aromatic N) is 3. The Morgan fingerprint density at radius 3 is 2.67 bits per heavy atom. The predicted molar refractivity (Wildman–Crippen MR) is 121 cm³/mol. The number of hydrogen-bond acceptors (Lipinski definition) is 7. The van der Waals surface area contributed by atoms with E-state index in [0.29, 0.717) is 42.5 Å². The van der Waals surface area contributed by atoms with Crippen molar-refractivity contribution in [1.82, 2.24) is 14.8 Å². The summed E-state index contributed by atoms with van der Waals surface area (Å²) in [5.41, 5.74) is 2.10. The highest BCUT2D eigenvalue weighted by Gasteiger charge is 2.34. The van der Waals surface area contributed by atoms with E-state index >= 15 is 0 Å². The summed E-state index contributed by atoms with van der Waals surface area (Å²) in [7, 11) is 1.64. The Balaban J connectivity index is 1.90. The summed E-state index contributed by atoms with van der Waals surface area (Å²) in [6, 6.07) is 5.17. The molecule has 1 aliphatic rings. The van der Waals surface area contributed by atoms with Crippen LogP contribution in [0.15, 0.2) is 40.0 Å². The van der Waals surface area contributed by atoms with Gasteiger partial charge in [0.1, 0.15) is 11.3 Å². The number of carbonyl (C=O) groups is 1. The number of hydrogen-bond donors (Lipinski definition) is 1. The molecule has 1 unspecified atom stereocenters. The summed E-state index contributed by atoms with van der Waals surface area (Å²) >= 11 is 0. The van der Waals surface area contributed by atoms with Crippen LogP contribution in [0.4, 0.5) is 0 Å². The fraction of sp³-hybridized carbons (Fsp3) is 0.417. The molecule has 1 aliphatic heterocycles. The van der Waals surface area contributed by atoms with Gasteiger partial charge in [0.25, 0.3) is 5.89 Å². The number of aromatic carboxylic acids is 1. The smallest absolute Gasteiger partial charge is 0.341 e. The SMILES string of the molecule is COCCCOc1cc2c(cc1-c1nnco1)-c1cc(=O)c(C(=O)O)cn1C(C(C)(C)C)C2. The topological polar surface area (TPSA) is 117 Å². The van der Waals surface area contributed by atoms with Crippen molar-refractivity contribution in [2.24, 2.45) is 5.41 Å². The number of carboxylic acid groups (broad SMARTS) is 1. The minimum atomic E-state index is -1.24. The van der Waals surface area contributed by atoms with E-state index in [1.165, 1.54) is 18.7 Å². The minimum absolute atomic E-state index is 0.0608. The second-order valence-electron chi connectivity index (χ2n) is 9.18. The fourth-order valence-electron chi connectivity index (χ4n) is 4.21. The van der Waals surface area contributed by atoms with Crippen LogP contribution in [0.25, 0.3) is 22.7 Å². The highest BCUT2D eigenvalue weighted by atomic mass is 16.5. The zero-order valence-corrected chi connectivity index (χ0v) is 19.1. The van der Waals surface area contributed by atoms with E-state index in [2.05, 4.69) is 31.0 Å². The maximum atomic E-state index is 12.6. The summed E-state index contributed by atoms with van der Waals surface area (Å²) in [4.78, 5) is 24.3. The van der Waals surface area contributed by atoms with Gasteiger partial charge >= 0.3 is 5.97 Å². The Hall–Kier alpha value is -3.46. The largest absolute Gasteiger partial charge is 0.493 e. The van der Waals surface area contributed by atoms with Crippen molar-refractivity contribution < 1.29 is 23.8 Å². The van der Waals surface area contributed by atoms with Gasteiger partial charge in [0.15, 0.2) is 5.43 Å². The average Bonchev–Trinajstić information content (AvgIpc) is 3.29. The summed E-state index contributed by atoms with van der Waals surface area (Å²) in [6.45, 7) is 7.32. The fourth-order valence-corrected chi connectivity index (χ4v) is 4.21. The zero-order valence-electron chi connectivity index (χ0n) is 19.1. The zero-order chi connectivity index (χ0) is 23.8. The lowest BCUT2D eigenvalue weighted by Gasteiger charge is -2.39. The molecule has 0 radical (unpaired) electrons. The molecule has 3 aromatic rings. The Morgan fingerprint density at radius 1 is 1.24 bits per heavy atom. The molecule has 174 valence electrons. The van der Waals surface area contributed by atoms with Crippen LogP contribution >= 0.6 is 0 Å². The van der Waals surface area contributed by atoms with Gasteiger partial charge < -0.3 is 23.6 Å². The summed E-state index contributed by atoms with van der Waals surface area (Å²) in [5, 5.41) is 17.3. The third kappa shape index (κ3) is 4.41. The highest BCUT2D eigenvalue weighted by molar-refractivity contribution is 5.88. The second-order valence-corrected chi connectivity index (χ2v) is 9.18. The van der Waals surface area contributed by atoms with E-state index in [1.807, 2.05) is 16.7 Å². The maximum Gasteiger partial charge on any atom is 0.341 e. The molecule has 0 spiro atoms. The van der Waals surface area contributed by atoms with E-state index in [4.69, 9.17) is 13.9 Å². The van der Waals surface area contributed by atoms with Gasteiger partial charge in [-0.05, 0) is 29.5 Å². The molecule has 2 aromatic heterocycles. The first-order valence-corrected chi connectivity index (χ1v) is 10.8. The molecule has 0 aliphatic carbocycles. The summed E-state index contributed by atoms with van der Waals surface area (Å²) in [5.74, 6) is -0.326. The lowest BCUT2D eigenvalue weighted by molar-refractivity contribution is 0.0693. The van der Waals surface area contributed by atoms with Gasteiger partial charge in [0, 0.05) is 44.0 Å². The highest BCUT2D eigenvalue weighted by Crippen LogP contribution is 2.45. The second kappa shape index (κ2) is 8.82. The molecule has 1 N–H and O–H groups in total. The van der Waals surface area contributed by atoms with Crippen LogP contribution < -0.4 is 10.2 Å². The van der Waals surface area contributed by atoms with Crippen LogP contribution in [0.3, 0.4) is 0 Å². The molecule has 0 saturated heterocycles. The normalized spacial score (nSPS) is 15.1. The number of methoxy groups -OCH3 is 1. The Labute approximate surface area is 191 Å².